The van der Waals surface area contributed by atoms with Gasteiger partial charge in [-0.25, -0.2) is 0 Å². The molecule has 23 heavy (non-hydrogen) atoms. The molecular formula is C19H27N3O. The molecule has 1 aliphatic rings. The smallest absolute Gasteiger partial charge is 0.251 e. The van der Waals surface area contributed by atoms with Crippen LogP contribution >= 0.6 is 0 Å². The number of fused-ring (bicyclic) bond motifs is 1. The number of aromatic nitrogens is 1. The number of carbonyl (C=O) groups is 1. The number of likely N-dealkylation sites (tertiary alicyclic amines) is 1. The van der Waals surface area contributed by atoms with E-state index in [9.17, 15) is 4.79 Å². The Morgan fingerprint density at radius 1 is 1.35 bits per heavy atom. The monoisotopic (exact) mass is 313 g/mol. The molecule has 1 atom stereocenters. The van der Waals surface area contributed by atoms with E-state index in [0.717, 1.165) is 30.6 Å². The lowest BCUT2D eigenvalue weighted by Gasteiger charge is -2.22. The number of hydrogen-bond acceptors (Lipinski definition) is 2. The average Bonchev–Trinajstić information content (AvgIpc) is 3.17. The van der Waals surface area contributed by atoms with Gasteiger partial charge in [-0.15, -0.1) is 0 Å². The van der Waals surface area contributed by atoms with Crippen LogP contribution in [0.1, 0.15) is 50.0 Å². The van der Waals surface area contributed by atoms with E-state index in [2.05, 4.69) is 53.9 Å². The third kappa shape index (κ3) is 3.27. The fourth-order valence-corrected chi connectivity index (χ4v) is 3.61. The Morgan fingerprint density at radius 2 is 2.17 bits per heavy atom. The van der Waals surface area contributed by atoms with Crippen molar-refractivity contribution >= 4 is 16.8 Å². The molecule has 124 valence electrons. The molecule has 1 saturated heterocycles. The summed E-state index contributed by atoms with van der Waals surface area (Å²) < 4.78 is 2.23. The number of rotatable bonds is 5. The number of nitrogens with zero attached hydrogens (tertiary/aromatic N) is 2. The van der Waals surface area contributed by atoms with Crippen LogP contribution in [0.15, 0.2) is 30.5 Å². The van der Waals surface area contributed by atoms with E-state index in [1.807, 2.05) is 12.1 Å². The molecule has 1 aromatic carbocycles. The van der Waals surface area contributed by atoms with E-state index < -0.39 is 0 Å². The van der Waals surface area contributed by atoms with Gasteiger partial charge in [0.25, 0.3) is 5.91 Å². The zero-order valence-corrected chi connectivity index (χ0v) is 14.4. The van der Waals surface area contributed by atoms with Crippen LogP contribution in [0.5, 0.6) is 0 Å². The second-order valence-electron chi connectivity index (χ2n) is 6.73. The lowest BCUT2D eigenvalue weighted by Crippen LogP contribution is -2.40. The van der Waals surface area contributed by atoms with Crippen molar-refractivity contribution in [1.82, 2.24) is 14.8 Å². The summed E-state index contributed by atoms with van der Waals surface area (Å²) in [6.07, 6.45) is 4.52. The normalized spacial score (nSPS) is 18.9. The quantitative estimate of drug-likeness (QED) is 0.918. The molecule has 0 bridgehead atoms. The highest BCUT2D eigenvalue weighted by molar-refractivity contribution is 5.98. The maximum Gasteiger partial charge on any atom is 0.251 e. The molecule has 1 N–H and O–H groups in total. The molecule has 0 unspecified atom stereocenters. The Bertz CT molecular complexity index is 689. The molecule has 4 heteroatoms. The zero-order valence-electron chi connectivity index (χ0n) is 14.4. The maximum absolute atomic E-state index is 12.4. The van der Waals surface area contributed by atoms with Gasteiger partial charge in [0.15, 0.2) is 0 Å². The fraction of sp³-hybridized carbons (Fsp3) is 0.526. The van der Waals surface area contributed by atoms with Gasteiger partial charge < -0.3 is 9.88 Å². The number of carbonyl (C=O) groups excluding carboxylic acids is 1. The largest absolute Gasteiger partial charge is 0.350 e. The van der Waals surface area contributed by atoms with Gasteiger partial charge in [-0.2, -0.15) is 0 Å². The maximum atomic E-state index is 12.4. The minimum atomic E-state index is 0.0344. The van der Waals surface area contributed by atoms with Gasteiger partial charge in [0.1, 0.15) is 0 Å². The third-order valence-electron chi connectivity index (χ3n) is 4.94. The van der Waals surface area contributed by atoms with Crippen molar-refractivity contribution in [3.8, 4) is 0 Å². The van der Waals surface area contributed by atoms with Crippen LogP contribution in [0.4, 0.5) is 0 Å². The summed E-state index contributed by atoms with van der Waals surface area (Å²) in [4.78, 5) is 14.9. The Labute approximate surface area is 138 Å². The molecule has 1 fully saturated rings. The SMILES string of the molecule is CCN1CCC[C@@H]1CNC(=O)c1ccc2c(ccn2C(C)C)c1. The molecule has 0 aliphatic carbocycles. The molecular weight excluding hydrogens is 286 g/mol. The lowest BCUT2D eigenvalue weighted by molar-refractivity contribution is 0.0941. The highest BCUT2D eigenvalue weighted by atomic mass is 16.1. The molecule has 3 rings (SSSR count). The van der Waals surface area contributed by atoms with Gasteiger partial charge in [0.05, 0.1) is 0 Å². The van der Waals surface area contributed by atoms with Crippen LogP contribution in [-0.2, 0) is 0 Å². The fourth-order valence-electron chi connectivity index (χ4n) is 3.61. The van der Waals surface area contributed by atoms with Crippen molar-refractivity contribution in [3.63, 3.8) is 0 Å². The number of nitrogens with one attached hydrogen (secondary N) is 1. The van der Waals surface area contributed by atoms with Gasteiger partial charge in [-0.1, -0.05) is 6.92 Å². The summed E-state index contributed by atoms with van der Waals surface area (Å²) >= 11 is 0. The summed E-state index contributed by atoms with van der Waals surface area (Å²) in [5, 5.41) is 4.24. The molecule has 2 heterocycles. The highest BCUT2D eigenvalue weighted by Gasteiger charge is 2.23. The topological polar surface area (TPSA) is 37.3 Å². The lowest BCUT2D eigenvalue weighted by atomic mass is 10.1. The standard InChI is InChI=1S/C19H27N3O/c1-4-21-10-5-6-17(21)13-20-19(23)16-7-8-18-15(12-16)9-11-22(18)14(2)3/h7-9,11-12,14,17H,4-6,10,13H2,1-3H3,(H,20,23)/t17-/m1/s1. The summed E-state index contributed by atoms with van der Waals surface area (Å²) in [5.74, 6) is 0.0344. The second-order valence-corrected chi connectivity index (χ2v) is 6.73. The molecule has 0 radical (unpaired) electrons. The highest BCUT2D eigenvalue weighted by Crippen LogP contribution is 2.21. The Balaban J connectivity index is 1.69. The first-order chi connectivity index (χ1) is 11.1. The van der Waals surface area contributed by atoms with Crippen molar-refractivity contribution in [2.45, 2.75) is 45.7 Å². The Morgan fingerprint density at radius 3 is 2.91 bits per heavy atom. The summed E-state index contributed by atoms with van der Waals surface area (Å²) in [6, 6.07) is 8.99. The van der Waals surface area contributed by atoms with Gasteiger partial charge in [0, 0.05) is 41.3 Å². The summed E-state index contributed by atoms with van der Waals surface area (Å²) in [5.41, 5.74) is 1.93. The first-order valence-electron chi connectivity index (χ1n) is 8.73. The number of benzene rings is 1. The average molecular weight is 313 g/mol. The van der Waals surface area contributed by atoms with E-state index in [1.54, 1.807) is 0 Å². The minimum absolute atomic E-state index is 0.0344. The van der Waals surface area contributed by atoms with Crippen molar-refractivity contribution < 1.29 is 4.79 Å². The number of hydrogen-bond donors (Lipinski definition) is 1. The minimum Gasteiger partial charge on any atom is -0.350 e. The van der Waals surface area contributed by atoms with Gasteiger partial charge in [-0.05, 0) is 64.0 Å². The van der Waals surface area contributed by atoms with Gasteiger partial charge in [0.2, 0.25) is 0 Å². The predicted octanol–water partition coefficient (Wildman–Crippen LogP) is 3.44. The van der Waals surface area contributed by atoms with E-state index in [4.69, 9.17) is 0 Å². The van der Waals surface area contributed by atoms with Crippen molar-refractivity contribution in [3.05, 3.63) is 36.0 Å². The van der Waals surface area contributed by atoms with Gasteiger partial charge >= 0.3 is 0 Å². The van der Waals surface area contributed by atoms with Crippen molar-refractivity contribution in [2.75, 3.05) is 19.6 Å². The molecule has 0 spiro atoms. The van der Waals surface area contributed by atoms with E-state index in [0.29, 0.717) is 12.1 Å². The number of amides is 1. The predicted molar refractivity (Wildman–Crippen MR) is 94.9 cm³/mol. The molecule has 0 saturated carbocycles. The van der Waals surface area contributed by atoms with Crippen LogP contribution in [0.25, 0.3) is 10.9 Å². The Kier molecular flexibility index (Phi) is 4.71. The number of likely N-dealkylation sites (N-methyl/N-ethyl adjacent to an activating group) is 1. The first-order valence-corrected chi connectivity index (χ1v) is 8.73. The van der Waals surface area contributed by atoms with Gasteiger partial charge in [-0.3, -0.25) is 9.69 Å². The van der Waals surface area contributed by atoms with E-state index >= 15 is 0 Å². The van der Waals surface area contributed by atoms with E-state index in [-0.39, 0.29) is 5.91 Å². The van der Waals surface area contributed by atoms with Crippen LogP contribution in [0.3, 0.4) is 0 Å². The Hall–Kier alpha value is -1.81. The molecule has 2 aromatic rings. The molecule has 1 aromatic heterocycles. The molecule has 1 aliphatic heterocycles. The van der Waals surface area contributed by atoms with Crippen LogP contribution in [0.2, 0.25) is 0 Å². The van der Waals surface area contributed by atoms with Crippen LogP contribution < -0.4 is 5.32 Å². The van der Waals surface area contributed by atoms with E-state index in [1.165, 1.54) is 18.4 Å². The van der Waals surface area contributed by atoms with Crippen LogP contribution in [0, 0.1) is 0 Å². The summed E-state index contributed by atoms with van der Waals surface area (Å²) in [6.45, 7) is 9.49. The van der Waals surface area contributed by atoms with Crippen molar-refractivity contribution in [1.29, 1.82) is 0 Å². The third-order valence-corrected chi connectivity index (χ3v) is 4.94. The second kappa shape index (κ2) is 6.75. The summed E-state index contributed by atoms with van der Waals surface area (Å²) in [7, 11) is 0. The van der Waals surface area contributed by atoms with Crippen molar-refractivity contribution in [2.24, 2.45) is 0 Å². The zero-order chi connectivity index (χ0) is 16.4. The van der Waals surface area contributed by atoms with Crippen LogP contribution in [-0.4, -0.2) is 41.1 Å². The first kappa shape index (κ1) is 16.1. The molecule has 4 nitrogen and oxygen atoms in total. The molecule has 1 amide bonds.